The van der Waals surface area contributed by atoms with Crippen molar-refractivity contribution in [2.24, 2.45) is 0 Å². The number of anilines is 1. The maximum atomic E-state index is 12.8. The molecule has 1 aromatic heterocycles. The van der Waals surface area contributed by atoms with Gasteiger partial charge in [0.1, 0.15) is 0 Å². The zero-order chi connectivity index (χ0) is 23.5. The lowest BCUT2D eigenvalue weighted by Crippen LogP contribution is -2.57. The monoisotopic (exact) mass is 465 g/mol. The highest BCUT2D eigenvalue weighted by Gasteiger charge is 2.47. The van der Waals surface area contributed by atoms with Gasteiger partial charge in [0.05, 0.1) is 30.4 Å². The number of carbonyl (C=O) groups excluding carboxylic acids is 1. The van der Waals surface area contributed by atoms with Crippen LogP contribution in [-0.4, -0.2) is 53.3 Å². The molecule has 2 aromatic carbocycles. The quantitative estimate of drug-likeness (QED) is 0.576. The largest absolute Gasteiger partial charge is 0.419 e. The van der Waals surface area contributed by atoms with E-state index in [4.69, 9.17) is 13.9 Å². The SMILES string of the molecule is CCn1c(=O)oc2cc(NC(=O)CN3CCC4(CCCO4)C(OCc4ccccc4)C3)ccc21. The topological polar surface area (TPSA) is 85.9 Å². The van der Waals surface area contributed by atoms with Gasteiger partial charge in [-0.25, -0.2) is 4.79 Å². The summed E-state index contributed by atoms with van der Waals surface area (Å²) in [7, 11) is 0. The fraction of sp³-hybridized carbons (Fsp3) is 0.462. The van der Waals surface area contributed by atoms with Crippen LogP contribution in [0, 0.1) is 0 Å². The predicted molar refractivity (Wildman–Crippen MR) is 129 cm³/mol. The number of aryl methyl sites for hydroxylation is 1. The Bertz CT molecular complexity index is 1200. The summed E-state index contributed by atoms with van der Waals surface area (Å²) in [5.41, 5.74) is 2.68. The summed E-state index contributed by atoms with van der Waals surface area (Å²) >= 11 is 0. The van der Waals surface area contributed by atoms with Gasteiger partial charge in [0.15, 0.2) is 5.58 Å². The summed E-state index contributed by atoms with van der Waals surface area (Å²) in [6.07, 6.45) is 2.80. The van der Waals surface area contributed by atoms with Gasteiger partial charge in [-0.1, -0.05) is 30.3 Å². The van der Waals surface area contributed by atoms with Crippen LogP contribution in [0.1, 0.15) is 31.7 Å². The maximum absolute atomic E-state index is 12.8. The Morgan fingerprint density at radius 2 is 2.06 bits per heavy atom. The molecule has 2 aliphatic heterocycles. The summed E-state index contributed by atoms with van der Waals surface area (Å²) in [6, 6.07) is 15.4. The number of aromatic nitrogens is 1. The smallest absolute Gasteiger partial charge is 0.408 e. The number of amides is 1. The molecule has 0 aliphatic carbocycles. The van der Waals surface area contributed by atoms with E-state index in [-0.39, 0.29) is 29.9 Å². The van der Waals surface area contributed by atoms with Gasteiger partial charge in [-0.15, -0.1) is 0 Å². The number of rotatable bonds is 7. The number of likely N-dealkylation sites (tertiary alicyclic amines) is 1. The third-order valence-electron chi connectivity index (χ3n) is 6.93. The third-order valence-corrected chi connectivity index (χ3v) is 6.93. The van der Waals surface area contributed by atoms with Crippen molar-refractivity contribution in [3.63, 3.8) is 0 Å². The Kier molecular flexibility index (Phi) is 6.54. The molecule has 8 heteroatoms. The zero-order valence-corrected chi connectivity index (χ0v) is 19.5. The van der Waals surface area contributed by atoms with Gasteiger partial charge in [0.2, 0.25) is 5.91 Å². The number of benzene rings is 2. The number of nitrogens with one attached hydrogen (secondary N) is 1. The summed E-state index contributed by atoms with van der Waals surface area (Å²) < 4.78 is 19.4. The highest BCUT2D eigenvalue weighted by molar-refractivity contribution is 5.94. The molecule has 1 spiro atoms. The van der Waals surface area contributed by atoms with Crippen molar-refractivity contribution in [2.45, 2.75) is 51.0 Å². The first-order valence-electron chi connectivity index (χ1n) is 12.0. The van der Waals surface area contributed by atoms with E-state index in [1.165, 1.54) is 0 Å². The second kappa shape index (κ2) is 9.74. The molecule has 2 aliphatic rings. The Labute approximate surface area is 198 Å². The fourth-order valence-corrected chi connectivity index (χ4v) is 5.14. The van der Waals surface area contributed by atoms with Crippen molar-refractivity contribution in [2.75, 3.05) is 31.6 Å². The molecule has 0 radical (unpaired) electrons. The molecule has 3 heterocycles. The van der Waals surface area contributed by atoms with E-state index in [2.05, 4.69) is 22.3 Å². The average Bonchev–Trinajstić information content (AvgIpc) is 3.43. The molecule has 2 atom stereocenters. The molecule has 2 unspecified atom stereocenters. The molecular formula is C26H31N3O5. The molecule has 5 rings (SSSR count). The minimum atomic E-state index is -0.390. The molecule has 34 heavy (non-hydrogen) atoms. The van der Waals surface area contributed by atoms with Crippen molar-refractivity contribution in [1.29, 1.82) is 0 Å². The van der Waals surface area contributed by atoms with E-state index >= 15 is 0 Å². The maximum Gasteiger partial charge on any atom is 0.419 e. The molecule has 0 bridgehead atoms. The van der Waals surface area contributed by atoms with Crippen LogP contribution >= 0.6 is 0 Å². The molecule has 2 saturated heterocycles. The lowest BCUT2D eigenvalue weighted by Gasteiger charge is -2.44. The standard InChI is InChI=1S/C26H31N3O5/c1-2-29-21-10-9-20(15-22(21)34-25(29)31)27-24(30)17-28-13-12-26(11-6-14-33-26)23(16-28)32-18-19-7-4-3-5-8-19/h3-5,7-10,15,23H,2,6,11-14,16-18H2,1H3,(H,27,30). The number of hydrogen-bond acceptors (Lipinski definition) is 6. The number of carbonyl (C=O) groups is 1. The highest BCUT2D eigenvalue weighted by Crippen LogP contribution is 2.38. The molecule has 2 fully saturated rings. The van der Waals surface area contributed by atoms with Crippen LogP contribution in [0.25, 0.3) is 11.1 Å². The first-order valence-corrected chi connectivity index (χ1v) is 12.0. The first kappa shape index (κ1) is 22.8. The van der Waals surface area contributed by atoms with E-state index < -0.39 is 0 Å². The van der Waals surface area contributed by atoms with Gasteiger partial charge in [-0.05, 0) is 43.9 Å². The van der Waals surface area contributed by atoms with Crippen molar-refractivity contribution < 1.29 is 18.7 Å². The summed E-state index contributed by atoms with van der Waals surface area (Å²) in [6.45, 7) is 5.41. The van der Waals surface area contributed by atoms with Crippen LogP contribution in [0.5, 0.6) is 0 Å². The molecular weight excluding hydrogens is 434 g/mol. The summed E-state index contributed by atoms with van der Waals surface area (Å²) in [5, 5.41) is 2.94. The van der Waals surface area contributed by atoms with Crippen molar-refractivity contribution in [1.82, 2.24) is 9.47 Å². The van der Waals surface area contributed by atoms with E-state index in [1.54, 1.807) is 22.8 Å². The normalized spacial score (nSPS) is 23.0. The molecule has 1 amide bonds. The van der Waals surface area contributed by atoms with Gasteiger partial charge < -0.3 is 19.2 Å². The fourth-order valence-electron chi connectivity index (χ4n) is 5.14. The number of fused-ring (bicyclic) bond motifs is 1. The number of nitrogens with zero attached hydrogens (tertiary/aromatic N) is 2. The average molecular weight is 466 g/mol. The molecule has 1 N–H and O–H groups in total. The van der Waals surface area contributed by atoms with E-state index in [9.17, 15) is 9.59 Å². The van der Waals surface area contributed by atoms with E-state index in [1.807, 2.05) is 25.1 Å². The van der Waals surface area contributed by atoms with Crippen LogP contribution < -0.4 is 11.1 Å². The Balaban J connectivity index is 1.22. The van der Waals surface area contributed by atoms with Crippen LogP contribution in [0.15, 0.2) is 57.7 Å². The number of piperidine rings is 1. The Hall–Kier alpha value is -2.94. The van der Waals surface area contributed by atoms with Gasteiger partial charge >= 0.3 is 5.76 Å². The number of ether oxygens (including phenoxy) is 2. The zero-order valence-electron chi connectivity index (χ0n) is 19.5. The van der Waals surface area contributed by atoms with Crippen molar-refractivity contribution in [3.05, 3.63) is 64.6 Å². The lowest BCUT2D eigenvalue weighted by atomic mass is 9.85. The Morgan fingerprint density at radius 3 is 2.82 bits per heavy atom. The van der Waals surface area contributed by atoms with E-state index in [0.717, 1.165) is 43.5 Å². The van der Waals surface area contributed by atoms with Gasteiger partial charge in [-0.3, -0.25) is 14.3 Å². The number of oxazole rings is 1. The minimum Gasteiger partial charge on any atom is -0.408 e. The van der Waals surface area contributed by atoms with Gasteiger partial charge in [0, 0.05) is 38.0 Å². The molecule has 180 valence electrons. The van der Waals surface area contributed by atoms with E-state index in [0.29, 0.717) is 31.0 Å². The van der Waals surface area contributed by atoms with Crippen LogP contribution in [0.3, 0.4) is 0 Å². The van der Waals surface area contributed by atoms with Gasteiger partial charge in [-0.2, -0.15) is 0 Å². The molecule has 8 nitrogen and oxygen atoms in total. The molecule has 3 aromatic rings. The second-order valence-electron chi connectivity index (χ2n) is 9.13. The predicted octanol–water partition coefficient (Wildman–Crippen LogP) is 3.39. The van der Waals surface area contributed by atoms with Crippen LogP contribution in [0.2, 0.25) is 0 Å². The second-order valence-corrected chi connectivity index (χ2v) is 9.13. The lowest BCUT2D eigenvalue weighted by molar-refractivity contribution is -0.159. The van der Waals surface area contributed by atoms with Crippen molar-refractivity contribution >= 4 is 22.7 Å². The summed E-state index contributed by atoms with van der Waals surface area (Å²) in [5.74, 6) is -0.499. The van der Waals surface area contributed by atoms with Crippen LogP contribution in [-0.2, 0) is 27.4 Å². The first-order chi connectivity index (χ1) is 16.6. The minimum absolute atomic E-state index is 0.0869. The Morgan fingerprint density at radius 1 is 1.21 bits per heavy atom. The van der Waals surface area contributed by atoms with Crippen LogP contribution in [0.4, 0.5) is 5.69 Å². The number of hydrogen-bond donors (Lipinski definition) is 1. The summed E-state index contributed by atoms with van der Waals surface area (Å²) in [4.78, 5) is 26.9. The third kappa shape index (κ3) is 4.66. The molecule has 0 saturated carbocycles. The van der Waals surface area contributed by atoms with Gasteiger partial charge in [0.25, 0.3) is 0 Å². The highest BCUT2D eigenvalue weighted by atomic mass is 16.6. The van der Waals surface area contributed by atoms with Crippen molar-refractivity contribution in [3.8, 4) is 0 Å².